The Morgan fingerprint density at radius 3 is 2.04 bits per heavy atom. The Balaban J connectivity index is 1.36. The number of fused-ring (bicyclic) bond motifs is 1. The number of carbonyl (C=O) groups excluding carboxylic acids is 2. The van der Waals surface area contributed by atoms with E-state index in [0.717, 1.165) is 51.2 Å². The van der Waals surface area contributed by atoms with E-state index < -0.39 is 0 Å². The molecule has 0 N–H and O–H groups in total. The highest BCUT2D eigenvalue weighted by molar-refractivity contribution is 5.77. The molecule has 1 saturated carbocycles. The molecular formula is C22H38N2O2. The van der Waals surface area contributed by atoms with E-state index in [9.17, 15) is 9.59 Å². The number of nitrogens with zero attached hydrogens (tertiary/aromatic N) is 2. The summed E-state index contributed by atoms with van der Waals surface area (Å²) in [6.45, 7) is 2.84. The third-order valence-corrected chi connectivity index (χ3v) is 6.80. The predicted molar refractivity (Wildman–Crippen MR) is 105 cm³/mol. The Morgan fingerprint density at radius 1 is 0.654 bits per heavy atom. The second-order valence-electron chi connectivity index (χ2n) is 8.70. The Kier molecular flexibility index (Phi) is 7.82. The fourth-order valence-electron chi connectivity index (χ4n) is 5.29. The summed E-state index contributed by atoms with van der Waals surface area (Å²) in [4.78, 5) is 29.4. The van der Waals surface area contributed by atoms with E-state index in [1.165, 1.54) is 57.8 Å². The summed E-state index contributed by atoms with van der Waals surface area (Å²) in [6.07, 6.45) is 16.8. The molecule has 2 heterocycles. The molecule has 4 nitrogen and oxygen atoms in total. The van der Waals surface area contributed by atoms with E-state index in [2.05, 4.69) is 9.80 Å². The highest BCUT2D eigenvalue weighted by Crippen LogP contribution is 2.35. The molecule has 0 spiro atoms. The van der Waals surface area contributed by atoms with Gasteiger partial charge in [-0.25, -0.2) is 0 Å². The molecule has 3 fully saturated rings. The van der Waals surface area contributed by atoms with E-state index in [0.29, 0.717) is 30.7 Å². The summed E-state index contributed by atoms with van der Waals surface area (Å²) >= 11 is 0. The van der Waals surface area contributed by atoms with Crippen LogP contribution in [0.25, 0.3) is 0 Å². The minimum absolute atomic E-state index is 0.310. The molecule has 26 heavy (non-hydrogen) atoms. The van der Waals surface area contributed by atoms with Crippen LogP contribution in [0.4, 0.5) is 0 Å². The fraction of sp³-hybridized carbons (Fsp3) is 0.909. The lowest BCUT2D eigenvalue weighted by molar-refractivity contribution is -0.138. The van der Waals surface area contributed by atoms with E-state index in [4.69, 9.17) is 0 Å². The van der Waals surface area contributed by atoms with Gasteiger partial charge in [0.15, 0.2) is 0 Å². The maximum absolute atomic E-state index is 12.7. The predicted octanol–water partition coefficient (Wildman–Crippen LogP) is 4.52. The second-order valence-corrected chi connectivity index (χ2v) is 8.70. The Morgan fingerprint density at radius 2 is 1.27 bits per heavy atom. The van der Waals surface area contributed by atoms with Crippen molar-refractivity contribution >= 4 is 11.8 Å². The van der Waals surface area contributed by atoms with Gasteiger partial charge in [0.1, 0.15) is 0 Å². The van der Waals surface area contributed by atoms with Crippen molar-refractivity contribution in [1.29, 1.82) is 0 Å². The molecule has 2 atom stereocenters. The van der Waals surface area contributed by atoms with Crippen LogP contribution in [0.15, 0.2) is 0 Å². The topological polar surface area (TPSA) is 40.6 Å². The Hall–Kier alpha value is -1.06. The molecule has 4 heteroatoms. The van der Waals surface area contributed by atoms with Gasteiger partial charge in [-0.1, -0.05) is 32.1 Å². The summed E-state index contributed by atoms with van der Waals surface area (Å²) in [5.74, 6) is 1.42. The number of unbranched alkanes of at least 4 members (excludes halogenated alkanes) is 1. The van der Waals surface area contributed by atoms with Crippen molar-refractivity contribution in [3.05, 3.63) is 0 Å². The normalized spacial score (nSPS) is 27.4. The molecule has 2 aliphatic heterocycles. The van der Waals surface area contributed by atoms with Gasteiger partial charge in [0.05, 0.1) is 0 Å². The molecule has 0 bridgehead atoms. The van der Waals surface area contributed by atoms with Crippen LogP contribution < -0.4 is 0 Å². The lowest BCUT2D eigenvalue weighted by Gasteiger charge is -2.44. The van der Waals surface area contributed by atoms with Crippen molar-refractivity contribution < 1.29 is 9.59 Å². The van der Waals surface area contributed by atoms with Crippen molar-refractivity contribution in [2.45, 2.75) is 102 Å². The summed E-state index contributed by atoms with van der Waals surface area (Å²) in [5, 5.41) is 0. The van der Waals surface area contributed by atoms with E-state index >= 15 is 0 Å². The smallest absolute Gasteiger partial charge is 0.222 e. The molecule has 1 aliphatic carbocycles. The first-order valence-electron chi connectivity index (χ1n) is 11.3. The zero-order chi connectivity index (χ0) is 18.2. The average molecular weight is 363 g/mol. The van der Waals surface area contributed by atoms with Gasteiger partial charge in [0, 0.05) is 38.5 Å². The van der Waals surface area contributed by atoms with Gasteiger partial charge in [0.2, 0.25) is 11.8 Å². The van der Waals surface area contributed by atoms with Crippen LogP contribution in [0.3, 0.4) is 0 Å². The third kappa shape index (κ3) is 5.47. The van der Waals surface area contributed by atoms with Gasteiger partial charge in [-0.15, -0.1) is 0 Å². The minimum atomic E-state index is 0.310. The van der Waals surface area contributed by atoms with Crippen LogP contribution in [0, 0.1) is 5.92 Å². The van der Waals surface area contributed by atoms with Gasteiger partial charge in [-0.2, -0.15) is 0 Å². The fourth-order valence-corrected chi connectivity index (χ4v) is 5.29. The first kappa shape index (κ1) is 19.7. The summed E-state index contributed by atoms with van der Waals surface area (Å²) in [7, 11) is 0. The molecule has 148 valence electrons. The molecule has 0 aromatic rings. The number of hydrogen-bond acceptors (Lipinski definition) is 2. The van der Waals surface area contributed by atoms with E-state index in [1.807, 2.05) is 0 Å². The Labute approximate surface area is 159 Å². The highest BCUT2D eigenvalue weighted by atomic mass is 16.2. The lowest BCUT2D eigenvalue weighted by Crippen LogP contribution is -2.49. The zero-order valence-electron chi connectivity index (χ0n) is 16.6. The molecule has 2 saturated heterocycles. The number of amides is 2. The first-order chi connectivity index (χ1) is 12.8. The van der Waals surface area contributed by atoms with Crippen LogP contribution >= 0.6 is 0 Å². The third-order valence-electron chi connectivity index (χ3n) is 6.80. The van der Waals surface area contributed by atoms with Crippen molar-refractivity contribution in [2.24, 2.45) is 5.92 Å². The summed E-state index contributed by atoms with van der Waals surface area (Å²) < 4.78 is 0. The van der Waals surface area contributed by atoms with Gasteiger partial charge < -0.3 is 9.80 Å². The number of hydrogen-bond donors (Lipinski definition) is 0. The van der Waals surface area contributed by atoms with Crippen molar-refractivity contribution in [2.75, 3.05) is 19.6 Å². The number of rotatable bonds is 5. The molecule has 3 aliphatic rings. The monoisotopic (exact) mass is 362 g/mol. The largest absolute Gasteiger partial charge is 0.343 e. The second kappa shape index (κ2) is 10.3. The van der Waals surface area contributed by atoms with Crippen LogP contribution in [0.1, 0.15) is 96.3 Å². The first-order valence-corrected chi connectivity index (χ1v) is 11.3. The van der Waals surface area contributed by atoms with Crippen molar-refractivity contribution in [3.63, 3.8) is 0 Å². The van der Waals surface area contributed by atoms with Crippen LogP contribution in [-0.2, 0) is 9.59 Å². The number of carbonyl (C=O) groups is 2. The molecule has 0 radical (unpaired) electrons. The van der Waals surface area contributed by atoms with Crippen LogP contribution in [-0.4, -0.2) is 47.3 Å². The summed E-state index contributed by atoms with van der Waals surface area (Å²) in [5.41, 5.74) is 0. The number of likely N-dealkylation sites (tertiary alicyclic amines) is 2. The minimum Gasteiger partial charge on any atom is -0.343 e. The molecule has 3 rings (SSSR count). The van der Waals surface area contributed by atoms with Gasteiger partial charge in [0.25, 0.3) is 0 Å². The van der Waals surface area contributed by atoms with Crippen molar-refractivity contribution in [1.82, 2.24) is 9.80 Å². The maximum atomic E-state index is 12.7. The quantitative estimate of drug-likeness (QED) is 0.675. The van der Waals surface area contributed by atoms with Gasteiger partial charge in [-0.3, -0.25) is 9.59 Å². The molecule has 2 unspecified atom stereocenters. The molecular weight excluding hydrogens is 324 g/mol. The molecule has 0 aromatic heterocycles. The van der Waals surface area contributed by atoms with Gasteiger partial charge >= 0.3 is 0 Å². The summed E-state index contributed by atoms with van der Waals surface area (Å²) in [6, 6.07) is 0.521. The highest BCUT2D eigenvalue weighted by Gasteiger charge is 2.35. The van der Waals surface area contributed by atoms with E-state index in [-0.39, 0.29) is 0 Å². The van der Waals surface area contributed by atoms with Crippen molar-refractivity contribution in [3.8, 4) is 0 Å². The van der Waals surface area contributed by atoms with Crippen LogP contribution in [0.5, 0.6) is 0 Å². The lowest BCUT2D eigenvalue weighted by atomic mass is 9.78. The zero-order valence-corrected chi connectivity index (χ0v) is 16.6. The molecule has 2 amide bonds. The molecule has 0 aromatic carbocycles. The standard InChI is InChI=1S/C22H38N2O2/c25-21(23-16-8-2-1-3-9-17-23)14-6-7-15-22(26)24-18-10-12-19-11-4-5-13-20(19)24/h19-20H,1-18H2. The van der Waals surface area contributed by atoms with Crippen LogP contribution in [0.2, 0.25) is 0 Å². The SMILES string of the molecule is O=C(CCCCC(=O)N1CCCC2CCCCC21)N1CCCCCCC1. The number of piperidine rings is 1. The van der Waals surface area contributed by atoms with E-state index in [1.54, 1.807) is 0 Å². The Bertz CT molecular complexity index is 455. The average Bonchev–Trinajstić information content (AvgIpc) is 2.64. The maximum Gasteiger partial charge on any atom is 0.222 e. The van der Waals surface area contributed by atoms with Gasteiger partial charge in [-0.05, 0) is 57.3 Å².